The van der Waals surface area contributed by atoms with Crippen LogP contribution in [0.1, 0.15) is 29.6 Å². The lowest BCUT2D eigenvalue weighted by Crippen LogP contribution is -2.39. The van der Waals surface area contributed by atoms with Crippen LogP contribution < -0.4 is 4.90 Å². The molecule has 3 aliphatic rings. The summed E-state index contributed by atoms with van der Waals surface area (Å²) in [7, 11) is 0. The number of nitrogens with zero attached hydrogens (tertiary/aromatic N) is 3. The number of morpholine rings is 1. The first-order chi connectivity index (χ1) is 12.2. The number of hydrogen-bond acceptors (Lipinski definition) is 4. The van der Waals surface area contributed by atoms with Crippen LogP contribution in [0.15, 0.2) is 18.2 Å². The average Bonchev–Trinajstić information content (AvgIpc) is 2.98. The van der Waals surface area contributed by atoms with Crippen LogP contribution in [0.4, 0.5) is 10.1 Å². The molecule has 0 aromatic heterocycles. The summed E-state index contributed by atoms with van der Waals surface area (Å²) in [6.45, 7) is 6.36. The Morgan fingerprint density at radius 3 is 2.68 bits per heavy atom. The van der Waals surface area contributed by atoms with E-state index in [0.717, 1.165) is 39.0 Å². The summed E-state index contributed by atoms with van der Waals surface area (Å²) in [5.41, 5.74) is 1.03. The number of ether oxygens (including phenoxy) is 1. The molecule has 136 valence electrons. The van der Waals surface area contributed by atoms with Crippen molar-refractivity contribution in [2.24, 2.45) is 0 Å². The SMILES string of the molecule is O=C(c1ccc(N2CCOCC2)c(F)c1)N1CCCN2CCCC2C1. The molecule has 1 aromatic carbocycles. The molecule has 3 fully saturated rings. The van der Waals surface area contributed by atoms with Crippen LogP contribution in [-0.4, -0.2) is 74.2 Å². The number of anilines is 1. The number of benzene rings is 1. The van der Waals surface area contributed by atoms with Crippen LogP contribution >= 0.6 is 0 Å². The van der Waals surface area contributed by atoms with E-state index in [0.29, 0.717) is 43.6 Å². The predicted octanol–water partition coefficient (Wildman–Crippen LogP) is 1.97. The van der Waals surface area contributed by atoms with Crippen LogP contribution in [0, 0.1) is 5.82 Å². The number of rotatable bonds is 2. The normalized spacial score (nSPS) is 24.9. The molecule has 4 rings (SSSR count). The van der Waals surface area contributed by atoms with E-state index >= 15 is 0 Å². The van der Waals surface area contributed by atoms with Crippen LogP contribution in [0.2, 0.25) is 0 Å². The maximum Gasteiger partial charge on any atom is 0.254 e. The third-order valence-corrected chi connectivity index (χ3v) is 5.64. The summed E-state index contributed by atoms with van der Waals surface area (Å²) >= 11 is 0. The summed E-state index contributed by atoms with van der Waals surface area (Å²) < 4.78 is 19.9. The fourth-order valence-electron chi connectivity index (χ4n) is 4.27. The smallest absolute Gasteiger partial charge is 0.254 e. The van der Waals surface area contributed by atoms with E-state index in [2.05, 4.69) is 4.90 Å². The molecule has 3 aliphatic heterocycles. The van der Waals surface area contributed by atoms with E-state index in [4.69, 9.17) is 4.74 Å². The maximum atomic E-state index is 14.6. The van der Waals surface area contributed by atoms with E-state index < -0.39 is 0 Å². The molecule has 0 bridgehead atoms. The van der Waals surface area contributed by atoms with Gasteiger partial charge in [0.2, 0.25) is 0 Å². The minimum atomic E-state index is -0.315. The van der Waals surface area contributed by atoms with Gasteiger partial charge in [-0.1, -0.05) is 0 Å². The Hall–Kier alpha value is -1.66. The fourth-order valence-corrected chi connectivity index (χ4v) is 4.27. The molecule has 1 amide bonds. The van der Waals surface area contributed by atoms with Gasteiger partial charge in [-0.2, -0.15) is 0 Å². The fraction of sp³-hybridized carbons (Fsp3) is 0.632. The lowest BCUT2D eigenvalue weighted by Gasteiger charge is -2.29. The van der Waals surface area contributed by atoms with Crippen molar-refractivity contribution in [3.8, 4) is 0 Å². The van der Waals surface area contributed by atoms with Gasteiger partial charge >= 0.3 is 0 Å². The number of fused-ring (bicyclic) bond motifs is 1. The second-order valence-corrected chi connectivity index (χ2v) is 7.20. The average molecular weight is 347 g/mol. The number of carbonyl (C=O) groups excluding carboxylic acids is 1. The van der Waals surface area contributed by atoms with Gasteiger partial charge in [0.1, 0.15) is 5.82 Å². The zero-order valence-corrected chi connectivity index (χ0v) is 14.6. The molecule has 3 heterocycles. The lowest BCUT2D eigenvalue weighted by atomic mass is 10.1. The minimum absolute atomic E-state index is 0.0406. The zero-order chi connectivity index (χ0) is 17.2. The van der Waals surface area contributed by atoms with Gasteiger partial charge in [-0.3, -0.25) is 9.69 Å². The summed E-state index contributed by atoms with van der Waals surface area (Å²) in [4.78, 5) is 19.3. The van der Waals surface area contributed by atoms with Crippen molar-refractivity contribution in [3.63, 3.8) is 0 Å². The van der Waals surface area contributed by atoms with Gasteiger partial charge in [0, 0.05) is 44.3 Å². The second-order valence-electron chi connectivity index (χ2n) is 7.20. The van der Waals surface area contributed by atoms with E-state index in [1.807, 2.05) is 9.80 Å². The molecule has 0 N–H and O–H groups in total. The van der Waals surface area contributed by atoms with Gasteiger partial charge in [-0.25, -0.2) is 4.39 Å². The van der Waals surface area contributed by atoms with Gasteiger partial charge < -0.3 is 14.5 Å². The van der Waals surface area contributed by atoms with Crippen molar-refractivity contribution < 1.29 is 13.9 Å². The molecule has 1 aromatic rings. The molecular formula is C19H26FN3O2. The maximum absolute atomic E-state index is 14.6. The van der Waals surface area contributed by atoms with Gasteiger partial charge in [0.25, 0.3) is 5.91 Å². The van der Waals surface area contributed by atoms with Gasteiger partial charge in [-0.15, -0.1) is 0 Å². The third kappa shape index (κ3) is 3.51. The van der Waals surface area contributed by atoms with Crippen molar-refractivity contribution >= 4 is 11.6 Å². The van der Waals surface area contributed by atoms with Gasteiger partial charge in [0.15, 0.2) is 0 Å². The Balaban J connectivity index is 1.48. The molecule has 0 aliphatic carbocycles. The van der Waals surface area contributed by atoms with Crippen molar-refractivity contribution in [1.82, 2.24) is 9.80 Å². The minimum Gasteiger partial charge on any atom is -0.378 e. The van der Waals surface area contributed by atoms with Crippen molar-refractivity contribution in [2.45, 2.75) is 25.3 Å². The molecule has 5 nitrogen and oxygen atoms in total. The van der Waals surface area contributed by atoms with E-state index in [1.165, 1.54) is 12.5 Å². The van der Waals surface area contributed by atoms with Crippen LogP contribution in [0.5, 0.6) is 0 Å². The largest absolute Gasteiger partial charge is 0.378 e. The predicted molar refractivity (Wildman–Crippen MR) is 94.5 cm³/mol. The molecule has 0 spiro atoms. The number of carbonyl (C=O) groups is 1. The van der Waals surface area contributed by atoms with Gasteiger partial charge in [0.05, 0.1) is 18.9 Å². The Morgan fingerprint density at radius 1 is 1.08 bits per heavy atom. The first kappa shape index (κ1) is 16.8. The van der Waals surface area contributed by atoms with Crippen LogP contribution in [0.3, 0.4) is 0 Å². The number of halogens is 1. The summed E-state index contributed by atoms with van der Waals surface area (Å²) in [6.07, 6.45) is 3.38. The lowest BCUT2D eigenvalue weighted by molar-refractivity contribution is 0.0743. The molecular weight excluding hydrogens is 321 g/mol. The third-order valence-electron chi connectivity index (χ3n) is 5.64. The Labute approximate surface area is 148 Å². The molecule has 0 radical (unpaired) electrons. The molecule has 1 unspecified atom stereocenters. The highest BCUT2D eigenvalue weighted by Gasteiger charge is 2.31. The van der Waals surface area contributed by atoms with E-state index in [1.54, 1.807) is 12.1 Å². The topological polar surface area (TPSA) is 36.0 Å². The Kier molecular flexibility index (Phi) is 4.90. The summed E-state index contributed by atoms with van der Waals surface area (Å²) in [5.74, 6) is -0.355. The molecule has 6 heteroatoms. The highest BCUT2D eigenvalue weighted by Crippen LogP contribution is 2.25. The summed E-state index contributed by atoms with van der Waals surface area (Å²) in [5, 5.41) is 0. The zero-order valence-electron chi connectivity index (χ0n) is 14.6. The molecule has 1 atom stereocenters. The van der Waals surface area contributed by atoms with E-state index in [-0.39, 0.29) is 11.7 Å². The standard InChI is InChI=1S/C19H26FN3O2/c20-17-13-15(4-5-18(17)22-9-11-25-12-10-22)19(24)23-8-2-7-21-6-1-3-16(21)14-23/h4-5,13,16H,1-3,6-12,14H2. The van der Waals surface area contributed by atoms with Gasteiger partial charge in [-0.05, 0) is 44.0 Å². The number of amides is 1. The van der Waals surface area contributed by atoms with Crippen LogP contribution in [0.25, 0.3) is 0 Å². The molecule has 25 heavy (non-hydrogen) atoms. The Morgan fingerprint density at radius 2 is 1.88 bits per heavy atom. The monoisotopic (exact) mass is 347 g/mol. The highest BCUT2D eigenvalue weighted by molar-refractivity contribution is 5.94. The molecule has 0 saturated carbocycles. The first-order valence-corrected chi connectivity index (χ1v) is 9.38. The number of hydrogen-bond donors (Lipinski definition) is 0. The highest BCUT2D eigenvalue weighted by atomic mass is 19.1. The van der Waals surface area contributed by atoms with Crippen molar-refractivity contribution in [2.75, 3.05) is 57.4 Å². The van der Waals surface area contributed by atoms with Crippen molar-refractivity contribution in [3.05, 3.63) is 29.6 Å². The van der Waals surface area contributed by atoms with Crippen LogP contribution in [-0.2, 0) is 4.74 Å². The Bertz CT molecular complexity index is 633. The first-order valence-electron chi connectivity index (χ1n) is 9.38. The second kappa shape index (κ2) is 7.30. The van der Waals surface area contributed by atoms with Crippen molar-refractivity contribution in [1.29, 1.82) is 0 Å². The quantitative estimate of drug-likeness (QED) is 0.820. The summed E-state index contributed by atoms with van der Waals surface area (Å²) in [6, 6.07) is 5.40. The molecule has 3 saturated heterocycles. The van der Waals surface area contributed by atoms with E-state index in [9.17, 15) is 9.18 Å².